The second-order valence-corrected chi connectivity index (χ2v) is 6.52. The van der Waals surface area contributed by atoms with Gasteiger partial charge in [-0.3, -0.25) is 9.80 Å². The van der Waals surface area contributed by atoms with Gasteiger partial charge >= 0.3 is 0 Å². The minimum atomic E-state index is 0.353. The van der Waals surface area contributed by atoms with Gasteiger partial charge in [-0.2, -0.15) is 0 Å². The monoisotopic (exact) mass is 289 g/mol. The van der Waals surface area contributed by atoms with E-state index in [4.69, 9.17) is 5.73 Å². The number of piperazine rings is 1. The quantitative estimate of drug-likeness (QED) is 0.925. The molecule has 0 aromatic heterocycles. The van der Waals surface area contributed by atoms with Crippen molar-refractivity contribution in [1.29, 1.82) is 0 Å². The summed E-state index contributed by atoms with van der Waals surface area (Å²) in [7, 11) is 0. The van der Waals surface area contributed by atoms with Gasteiger partial charge in [-0.15, -0.1) is 0 Å². The summed E-state index contributed by atoms with van der Waals surface area (Å²) in [5.41, 5.74) is 11.7. The molecule has 1 aromatic rings. The fourth-order valence-corrected chi connectivity index (χ4v) is 3.59. The minimum Gasteiger partial charge on any atom is -0.329 e. The largest absolute Gasteiger partial charge is 0.329 e. The van der Waals surface area contributed by atoms with Gasteiger partial charge in [0.05, 0.1) is 0 Å². The Morgan fingerprint density at radius 2 is 1.81 bits per heavy atom. The second-order valence-electron chi connectivity index (χ2n) is 6.52. The standard InChI is InChI=1S/C18H31N3/c1-6-20-7-8-21(12-16(20)5)18(11-19)17-10-14(3)13(2)9-15(17)4/h9-10,16,18H,6-8,11-12,19H2,1-5H3. The number of hydrogen-bond donors (Lipinski definition) is 1. The zero-order valence-electron chi connectivity index (χ0n) is 14.3. The molecule has 2 N–H and O–H groups in total. The first-order chi connectivity index (χ1) is 9.97. The highest BCUT2D eigenvalue weighted by atomic mass is 15.3. The third-order valence-corrected chi connectivity index (χ3v) is 5.11. The van der Waals surface area contributed by atoms with Gasteiger partial charge in [0.1, 0.15) is 0 Å². The molecule has 21 heavy (non-hydrogen) atoms. The Morgan fingerprint density at radius 1 is 1.14 bits per heavy atom. The van der Waals surface area contributed by atoms with E-state index in [2.05, 4.69) is 56.6 Å². The van der Waals surface area contributed by atoms with Crippen molar-refractivity contribution in [1.82, 2.24) is 9.80 Å². The Hall–Kier alpha value is -0.900. The van der Waals surface area contributed by atoms with Gasteiger partial charge < -0.3 is 5.73 Å². The van der Waals surface area contributed by atoms with E-state index in [9.17, 15) is 0 Å². The number of rotatable bonds is 4. The van der Waals surface area contributed by atoms with Crippen molar-refractivity contribution in [3.8, 4) is 0 Å². The number of benzene rings is 1. The molecule has 118 valence electrons. The number of hydrogen-bond acceptors (Lipinski definition) is 3. The van der Waals surface area contributed by atoms with E-state index in [0.29, 0.717) is 18.6 Å². The molecule has 1 aromatic carbocycles. The molecule has 1 aliphatic heterocycles. The summed E-state index contributed by atoms with van der Waals surface area (Å²) in [5, 5.41) is 0. The Morgan fingerprint density at radius 3 is 2.38 bits per heavy atom. The molecule has 1 heterocycles. The van der Waals surface area contributed by atoms with Crippen molar-refractivity contribution < 1.29 is 0 Å². The summed E-state index contributed by atoms with van der Waals surface area (Å²) in [4.78, 5) is 5.13. The predicted octanol–water partition coefficient (Wildman–Crippen LogP) is 2.64. The van der Waals surface area contributed by atoms with Crippen LogP contribution in [0, 0.1) is 20.8 Å². The molecule has 0 amide bonds. The molecular weight excluding hydrogens is 258 g/mol. The zero-order chi connectivity index (χ0) is 15.6. The highest BCUT2D eigenvalue weighted by Gasteiger charge is 2.28. The van der Waals surface area contributed by atoms with Crippen LogP contribution in [0.25, 0.3) is 0 Å². The van der Waals surface area contributed by atoms with Crippen LogP contribution in [0.1, 0.15) is 42.1 Å². The zero-order valence-corrected chi connectivity index (χ0v) is 14.3. The molecule has 3 nitrogen and oxygen atoms in total. The first-order valence-corrected chi connectivity index (χ1v) is 8.23. The van der Waals surface area contributed by atoms with Gasteiger partial charge in [0, 0.05) is 38.3 Å². The number of nitrogens with two attached hydrogens (primary N) is 1. The van der Waals surface area contributed by atoms with Gasteiger partial charge in [0.2, 0.25) is 0 Å². The van der Waals surface area contributed by atoms with E-state index in [1.807, 2.05) is 0 Å². The lowest BCUT2D eigenvalue weighted by molar-refractivity contribution is 0.0605. The topological polar surface area (TPSA) is 32.5 Å². The van der Waals surface area contributed by atoms with Crippen molar-refractivity contribution in [2.24, 2.45) is 5.73 Å². The maximum absolute atomic E-state index is 6.15. The normalized spacial score (nSPS) is 22.5. The second kappa shape index (κ2) is 6.91. The fourth-order valence-electron chi connectivity index (χ4n) is 3.59. The van der Waals surface area contributed by atoms with E-state index in [1.54, 1.807) is 0 Å². The highest BCUT2D eigenvalue weighted by molar-refractivity contribution is 5.38. The van der Waals surface area contributed by atoms with Gasteiger partial charge in [-0.1, -0.05) is 19.1 Å². The maximum atomic E-state index is 6.15. The van der Waals surface area contributed by atoms with Crippen LogP contribution in [0.15, 0.2) is 12.1 Å². The Bertz CT molecular complexity index is 484. The first-order valence-electron chi connectivity index (χ1n) is 8.23. The molecule has 2 unspecified atom stereocenters. The minimum absolute atomic E-state index is 0.353. The molecule has 0 radical (unpaired) electrons. The van der Waals surface area contributed by atoms with E-state index in [0.717, 1.165) is 26.2 Å². The van der Waals surface area contributed by atoms with E-state index in [1.165, 1.54) is 22.3 Å². The van der Waals surface area contributed by atoms with Crippen LogP contribution in [0.4, 0.5) is 0 Å². The summed E-state index contributed by atoms with van der Waals surface area (Å²) >= 11 is 0. The third-order valence-electron chi connectivity index (χ3n) is 5.11. The molecule has 2 rings (SSSR count). The Labute approximate surface area is 130 Å². The number of aryl methyl sites for hydroxylation is 3. The lowest BCUT2D eigenvalue weighted by Crippen LogP contribution is -2.53. The van der Waals surface area contributed by atoms with Crippen molar-refractivity contribution in [3.05, 3.63) is 34.4 Å². The third kappa shape index (κ3) is 3.47. The van der Waals surface area contributed by atoms with Gasteiger partial charge in [-0.05, 0) is 56.5 Å². The van der Waals surface area contributed by atoms with E-state index >= 15 is 0 Å². The molecule has 0 saturated carbocycles. The molecular formula is C18H31N3. The molecule has 1 saturated heterocycles. The van der Waals surface area contributed by atoms with Crippen molar-refractivity contribution in [2.75, 3.05) is 32.7 Å². The maximum Gasteiger partial charge on any atom is 0.0474 e. The summed E-state index contributed by atoms with van der Waals surface area (Å²) in [6, 6.07) is 5.62. The van der Waals surface area contributed by atoms with Crippen LogP contribution in [-0.4, -0.2) is 48.6 Å². The first kappa shape index (κ1) is 16.5. The summed E-state index contributed by atoms with van der Waals surface area (Å²) < 4.78 is 0. The molecule has 0 aliphatic carbocycles. The van der Waals surface area contributed by atoms with Gasteiger partial charge in [-0.25, -0.2) is 0 Å². The smallest absolute Gasteiger partial charge is 0.0474 e. The summed E-state index contributed by atoms with van der Waals surface area (Å²) in [6.07, 6.45) is 0. The van der Waals surface area contributed by atoms with Crippen LogP contribution >= 0.6 is 0 Å². The SMILES string of the molecule is CCN1CCN(C(CN)c2cc(C)c(C)cc2C)CC1C. The molecule has 1 fully saturated rings. The van der Waals surface area contributed by atoms with Crippen LogP contribution in [-0.2, 0) is 0 Å². The van der Waals surface area contributed by atoms with Crippen LogP contribution in [0.3, 0.4) is 0 Å². The Kier molecular flexibility index (Phi) is 5.42. The van der Waals surface area contributed by atoms with Crippen molar-refractivity contribution >= 4 is 0 Å². The average Bonchev–Trinajstić information content (AvgIpc) is 2.45. The predicted molar refractivity (Wildman–Crippen MR) is 90.7 cm³/mol. The lowest BCUT2D eigenvalue weighted by Gasteiger charge is -2.43. The van der Waals surface area contributed by atoms with Gasteiger partial charge in [0.15, 0.2) is 0 Å². The highest BCUT2D eigenvalue weighted by Crippen LogP contribution is 2.27. The molecule has 0 bridgehead atoms. The van der Waals surface area contributed by atoms with E-state index in [-0.39, 0.29) is 0 Å². The van der Waals surface area contributed by atoms with E-state index < -0.39 is 0 Å². The summed E-state index contributed by atoms with van der Waals surface area (Å²) in [6.45, 7) is 16.4. The van der Waals surface area contributed by atoms with Crippen LogP contribution in [0.2, 0.25) is 0 Å². The number of likely N-dealkylation sites (N-methyl/N-ethyl adjacent to an activating group) is 1. The summed E-state index contributed by atoms with van der Waals surface area (Å²) in [5.74, 6) is 0. The molecule has 2 atom stereocenters. The fraction of sp³-hybridized carbons (Fsp3) is 0.667. The van der Waals surface area contributed by atoms with Crippen LogP contribution < -0.4 is 5.73 Å². The Balaban J connectivity index is 2.23. The van der Waals surface area contributed by atoms with Crippen LogP contribution in [0.5, 0.6) is 0 Å². The molecule has 0 spiro atoms. The van der Waals surface area contributed by atoms with Crippen molar-refractivity contribution in [2.45, 2.75) is 46.7 Å². The lowest BCUT2D eigenvalue weighted by atomic mass is 9.94. The molecule has 1 aliphatic rings. The average molecular weight is 289 g/mol. The number of nitrogens with zero attached hydrogens (tertiary/aromatic N) is 2. The van der Waals surface area contributed by atoms with Gasteiger partial charge in [0.25, 0.3) is 0 Å². The molecule has 3 heteroatoms. The van der Waals surface area contributed by atoms with Crippen molar-refractivity contribution in [3.63, 3.8) is 0 Å².